The number of halogens is 2. The summed E-state index contributed by atoms with van der Waals surface area (Å²) < 4.78 is 0. The first-order valence-corrected chi connectivity index (χ1v) is 3.31. The van der Waals surface area contributed by atoms with Crippen LogP contribution in [0.1, 0.15) is 6.92 Å². The third kappa shape index (κ3) is 5.33. The molecule has 3 nitrogen and oxygen atoms in total. The Morgan fingerprint density at radius 3 is 2.08 bits per heavy atom. The van der Waals surface area contributed by atoms with Gasteiger partial charge in [-0.05, 0) is 24.3 Å². The molecule has 3 N–H and O–H groups in total. The smallest absolute Gasteiger partial charge is 0.221 e. The predicted octanol–water partition coefficient (Wildman–Crippen LogP) is 2.07. The predicted molar refractivity (Wildman–Crippen MR) is 59.7 cm³/mol. The van der Waals surface area contributed by atoms with Crippen LogP contribution in [0.4, 0.5) is 11.4 Å². The molecule has 1 amide bonds. The van der Waals surface area contributed by atoms with Crippen LogP contribution < -0.4 is 11.1 Å². The number of benzene rings is 1. The normalized spacial score (nSPS) is 7.77. The number of nitrogens with one attached hydrogen (secondary N) is 1. The molecular weight excluding hydrogens is 211 g/mol. The third-order valence-corrected chi connectivity index (χ3v) is 1.23. The minimum absolute atomic E-state index is 0. The number of hydrogen-bond acceptors (Lipinski definition) is 2. The van der Waals surface area contributed by atoms with E-state index in [9.17, 15) is 4.79 Å². The number of nitrogen functional groups attached to an aromatic ring is 1. The molecular formula is C8H12Cl2N2O. The lowest BCUT2D eigenvalue weighted by atomic mass is 10.3. The minimum atomic E-state index is -0.0743. The highest BCUT2D eigenvalue weighted by atomic mass is 35.5. The number of nitrogens with two attached hydrogens (primary N) is 1. The Morgan fingerprint density at radius 2 is 1.69 bits per heavy atom. The summed E-state index contributed by atoms with van der Waals surface area (Å²) in [6.45, 7) is 1.47. The highest BCUT2D eigenvalue weighted by Gasteiger charge is 1.92. The van der Waals surface area contributed by atoms with Crippen molar-refractivity contribution in [1.82, 2.24) is 0 Å². The Balaban J connectivity index is 0. The van der Waals surface area contributed by atoms with Crippen LogP contribution in [0.15, 0.2) is 24.3 Å². The van der Waals surface area contributed by atoms with Gasteiger partial charge in [-0.3, -0.25) is 4.79 Å². The van der Waals surface area contributed by atoms with Gasteiger partial charge in [0.1, 0.15) is 0 Å². The van der Waals surface area contributed by atoms with Crippen LogP contribution in [0.25, 0.3) is 0 Å². The van der Waals surface area contributed by atoms with E-state index in [0.717, 1.165) is 5.69 Å². The Hall–Kier alpha value is -0.930. The van der Waals surface area contributed by atoms with Gasteiger partial charge in [0.15, 0.2) is 0 Å². The van der Waals surface area contributed by atoms with Crippen molar-refractivity contribution in [2.45, 2.75) is 6.92 Å². The van der Waals surface area contributed by atoms with Gasteiger partial charge in [-0.2, -0.15) is 0 Å². The lowest BCUT2D eigenvalue weighted by molar-refractivity contribution is -0.114. The van der Waals surface area contributed by atoms with Gasteiger partial charge in [0, 0.05) is 18.3 Å². The zero-order chi connectivity index (χ0) is 8.27. The number of amides is 1. The van der Waals surface area contributed by atoms with Crippen molar-refractivity contribution >= 4 is 42.1 Å². The Morgan fingerprint density at radius 1 is 1.23 bits per heavy atom. The van der Waals surface area contributed by atoms with Crippen molar-refractivity contribution in [2.75, 3.05) is 11.1 Å². The number of rotatable bonds is 1. The van der Waals surface area contributed by atoms with Crippen molar-refractivity contribution < 1.29 is 4.79 Å². The van der Waals surface area contributed by atoms with Crippen LogP contribution in [0, 0.1) is 0 Å². The van der Waals surface area contributed by atoms with Crippen molar-refractivity contribution in [1.29, 1.82) is 0 Å². The van der Waals surface area contributed by atoms with Crippen LogP contribution in [0.5, 0.6) is 0 Å². The van der Waals surface area contributed by atoms with Gasteiger partial charge in [0.25, 0.3) is 0 Å². The average Bonchev–Trinajstić information content (AvgIpc) is 1.93. The summed E-state index contributed by atoms with van der Waals surface area (Å²) in [6.07, 6.45) is 0. The van der Waals surface area contributed by atoms with E-state index in [-0.39, 0.29) is 30.7 Å². The molecule has 0 saturated carbocycles. The molecule has 0 aromatic heterocycles. The number of carbonyl (C=O) groups excluding carboxylic acids is 1. The number of hydrogen-bond donors (Lipinski definition) is 2. The fraction of sp³-hybridized carbons (Fsp3) is 0.125. The first-order valence-electron chi connectivity index (χ1n) is 3.31. The lowest BCUT2D eigenvalue weighted by Gasteiger charge is -2.00. The van der Waals surface area contributed by atoms with Crippen molar-refractivity contribution in [2.24, 2.45) is 0 Å². The van der Waals surface area contributed by atoms with Gasteiger partial charge in [-0.15, -0.1) is 24.8 Å². The molecule has 0 atom stereocenters. The van der Waals surface area contributed by atoms with Gasteiger partial charge >= 0.3 is 0 Å². The van der Waals surface area contributed by atoms with Crippen molar-refractivity contribution in [3.05, 3.63) is 24.3 Å². The van der Waals surface area contributed by atoms with Crippen LogP contribution >= 0.6 is 24.8 Å². The Bertz CT molecular complexity index is 261. The van der Waals surface area contributed by atoms with Gasteiger partial charge < -0.3 is 11.1 Å². The summed E-state index contributed by atoms with van der Waals surface area (Å²) >= 11 is 0. The summed E-state index contributed by atoms with van der Waals surface area (Å²) in [4.78, 5) is 10.6. The molecule has 0 unspecified atom stereocenters. The minimum Gasteiger partial charge on any atom is -0.399 e. The molecule has 0 heterocycles. The maximum Gasteiger partial charge on any atom is 0.221 e. The maximum atomic E-state index is 10.6. The molecule has 5 heteroatoms. The van der Waals surface area contributed by atoms with Gasteiger partial charge in [-0.1, -0.05) is 0 Å². The lowest BCUT2D eigenvalue weighted by Crippen LogP contribution is -2.05. The Labute approximate surface area is 89.5 Å². The monoisotopic (exact) mass is 222 g/mol. The molecule has 74 valence electrons. The molecule has 1 rings (SSSR count). The zero-order valence-electron chi connectivity index (χ0n) is 7.11. The molecule has 1 aromatic carbocycles. The largest absolute Gasteiger partial charge is 0.399 e. The quantitative estimate of drug-likeness (QED) is 0.716. The average molecular weight is 223 g/mol. The fourth-order valence-corrected chi connectivity index (χ4v) is 0.770. The van der Waals surface area contributed by atoms with E-state index in [1.807, 2.05) is 0 Å². The summed E-state index contributed by atoms with van der Waals surface area (Å²) in [7, 11) is 0. The molecule has 0 radical (unpaired) electrons. The summed E-state index contributed by atoms with van der Waals surface area (Å²) in [5.41, 5.74) is 6.91. The second kappa shape index (κ2) is 6.57. The molecule has 1 aromatic rings. The molecule has 13 heavy (non-hydrogen) atoms. The standard InChI is InChI=1S/C8H10N2O.2ClH/c1-6(11)10-8-4-2-7(9)3-5-8;;/h2-5H,9H2,1H3,(H,10,11);2*1H. The van der Waals surface area contributed by atoms with Crippen LogP contribution in [0.3, 0.4) is 0 Å². The highest BCUT2D eigenvalue weighted by molar-refractivity contribution is 5.88. The van der Waals surface area contributed by atoms with Crippen molar-refractivity contribution in [3.8, 4) is 0 Å². The van der Waals surface area contributed by atoms with E-state index < -0.39 is 0 Å². The Kier molecular flexibility index (Phi) is 7.37. The SMILES string of the molecule is CC(=O)Nc1ccc(N)cc1.Cl.Cl. The van der Waals surface area contributed by atoms with Crippen LogP contribution in [-0.4, -0.2) is 5.91 Å². The zero-order valence-corrected chi connectivity index (χ0v) is 8.74. The van der Waals surface area contributed by atoms with E-state index >= 15 is 0 Å². The number of carbonyl (C=O) groups is 1. The van der Waals surface area contributed by atoms with Gasteiger partial charge in [-0.25, -0.2) is 0 Å². The second-order valence-corrected chi connectivity index (χ2v) is 2.30. The molecule has 0 aliphatic carbocycles. The number of anilines is 2. The van der Waals surface area contributed by atoms with E-state index in [0.29, 0.717) is 5.69 Å². The van der Waals surface area contributed by atoms with Crippen molar-refractivity contribution in [3.63, 3.8) is 0 Å². The summed E-state index contributed by atoms with van der Waals surface area (Å²) in [5, 5.41) is 2.64. The fourth-order valence-electron chi connectivity index (χ4n) is 0.770. The van der Waals surface area contributed by atoms with Gasteiger partial charge in [0.2, 0.25) is 5.91 Å². The summed E-state index contributed by atoms with van der Waals surface area (Å²) in [5.74, 6) is -0.0743. The topological polar surface area (TPSA) is 55.1 Å². The maximum absolute atomic E-state index is 10.6. The molecule has 0 aliphatic heterocycles. The second-order valence-electron chi connectivity index (χ2n) is 2.30. The van der Waals surface area contributed by atoms with Crippen LogP contribution in [0.2, 0.25) is 0 Å². The highest BCUT2D eigenvalue weighted by Crippen LogP contribution is 2.09. The molecule has 0 aliphatic rings. The van der Waals surface area contributed by atoms with E-state index in [1.54, 1.807) is 24.3 Å². The molecule has 0 bridgehead atoms. The van der Waals surface area contributed by atoms with Crippen LogP contribution in [-0.2, 0) is 4.79 Å². The first kappa shape index (κ1) is 14.6. The molecule has 0 saturated heterocycles. The third-order valence-electron chi connectivity index (χ3n) is 1.23. The molecule has 0 spiro atoms. The van der Waals surface area contributed by atoms with E-state index in [4.69, 9.17) is 5.73 Å². The summed E-state index contributed by atoms with van der Waals surface area (Å²) in [6, 6.07) is 7.00. The molecule has 0 fully saturated rings. The first-order chi connectivity index (χ1) is 5.18. The van der Waals surface area contributed by atoms with E-state index in [2.05, 4.69) is 5.32 Å². The van der Waals surface area contributed by atoms with E-state index in [1.165, 1.54) is 6.92 Å². The van der Waals surface area contributed by atoms with Gasteiger partial charge in [0.05, 0.1) is 0 Å².